The molecule has 1 aliphatic rings. The summed E-state index contributed by atoms with van der Waals surface area (Å²) >= 11 is 5.89. The summed E-state index contributed by atoms with van der Waals surface area (Å²) in [4.78, 5) is 26.9. The summed E-state index contributed by atoms with van der Waals surface area (Å²) in [7, 11) is 0. The lowest BCUT2D eigenvalue weighted by Crippen LogP contribution is -2.46. The summed E-state index contributed by atoms with van der Waals surface area (Å²) in [5, 5.41) is 3.47. The van der Waals surface area contributed by atoms with E-state index < -0.39 is 6.10 Å². The topological polar surface area (TPSA) is 67.9 Å². The molecule has 1 atom stereocenters. The normalized spacial score (nSPS) is 15.1. The molecule has 1 unspecified atom stereocenters. The van der Waals surface area contributed by atoms with Crippen molar-refractivity contribution in [1.82, 2.24) is 0 Å². The van der Waals surface area contributed by atoms with Crippen LogP contribution in [0.5, 0.6) is 11.5 Å². The molecule has 0 aromatic heterocycles. The Morgan fingerprint density at radius 1 is 1.12 bits per heavy atom. The molecular formula is C27H25ClN2O4. The van der Waals surface area contributed by atoms with E-state index in [9.17, 15) is 9.59 Å². The molecule has 0 fully saturated rings. The molecule has 0 bridgehead atoms. The van der Waals surface area contributed by atoms with Gasteiger partial charge in [-0.3, -0.25) is 9.59 Å². The second-order valence-electron chi connectivity index (χ2n) is 7.97. The van der Waals surface area contributed by atoms with Crippen molar-refractivity contribution < 1.29 is 19.1 Å². The Hall–Kier alpha value is -3.77. The fourth-order valence-corrected chi connectivity index (χ4v) is 3.66. The minimum atomic E-state index is -0.602. The summed E-state index contributed by atoms with van der Waals surface area (Å²) in [6.07, 6.45) is 2.54. The van der Waals surface area contributed by atoms with Crippen molar-refractivity contribution in [3.8, 4) is 11.5 Å². The summed E-state index contributed by atoms with van der Waals surface area (Å²) in [5.74, 6) is 0.872. The fraction of sp³-hybridized carbons (Fsp3) is 0.185. The van der Waals surface area contributed by atoms with Crippen molar-refractivity contribution >= 4 is 40.9 Å². The molecule has 0 saturated carbocycles. The van der Waals surface area contributed by atoms with E-state index >= 15 is 0 Å². The highest BCUT2D eigenvalue weighted by Crippen LogP contribution is 2.36. The number of amides is 2. The van der Waals surface area contributed by atoms with Gasteiger partial charge in [0.1, 0.15) is 18.1 Å². The van der Waals surface area contributed by atoms with Crippen molar-refractivity contribution in [2.75, 3.05) is 23.4 Å². The molecule has 174 valence electrons. The molecule has 1 N–H and O–H groups in total. The zero-order valence-corrected chi connectivity index (χ0v) is 19.7. The molecule has 0 spiro atoms. The van der Waals surface area contributed by atoms with Gasteiger partial charge in [-0.2, -0.15) is 0 Å². The van der Waals surface area contributed by atoms with Gasteiger partial charge in [-0.1, -0.05) is 41.4 Å². The molecule has 3 aromatic carbocycles. The molecule has 7 heteroatoms. The van der Waals surface area contributed by atoms with Crippen molar-refractivity contribution in [2.24, 2.45) is 0 Å². The van der Waals surface area contributed by atoms with E-state index in [1.165, 1.54) is 6.08 Å². The van der Waals surface area contributed by atoms with Gasteiger partial charge in [0.15, 0.2) is 6.10 Å². The van der Waals surface area contributed by atoms with Crippen LogP contribution in [0.2, 0.25) is 5.02 Å². The minimum absolute atomic E-state index is 0.161. The molecule has 3 aromatic rings. The molecule has 1 heterocycles. The zero-order chi connectivity index (χ0) is 24.1. The maximum Gasteiger partial charge on any atom is 0.267 e. The van der Waals surface area contributed by atoms with Crippen molar-refractivity contribution in [3.05, 3.63) is 89.0 Å². The largest absolute Gasteiger partial charge is 0.492 e. The summed E-state index contributed by atoms with van der Waals surface area (Å²) in [5.41, 5.74) is 3.16. The Labute approximate surface area is 203 Å². The highest BCUT2D eigenvalue weighted by atomic mass is 35.5. The quantitative estimate of drug-likeness (QED) is 0.458. The van der Waals surface area contributed by atoms with E-state index in [0.29, 0.717) is 35.3 Å². The van der Waals surface area contributed by atoms with Gasteiger partial charge >= 0.3 is 0 Å². The maximum atomic E-state index is 12.8. The van der Waals surface area contributed by atoms with E-state index in [0.717, 1.165) is 16.9 Å². The van der Waals surface area contributed by atoms with Gasteiger partial charge in [-0.25, -0.2) is 0 Å². The smallest absolute Gasteiger partial charge is 0.267 e. The number of hydrogen-bond acceptors (Lipinski definition) is 4. The predicted molar refractivity (Wildman–Crippen MR) is 135 cm³/mol. The van der Waals surface area contributed by atoms with Crippen LogP contribution in [0.15, 0.2) is 72.8 Å². The van der Waals surface area contributed by atoms with Gasteiger partial charge in [-0.05, 0) is 68.0 Å². The SMILES string of the molecule is Cc1ccc(OCCN2C(=O)C(C)Oc3ccc(NC(=O)/C=C/c4ccc(Cl)cc4)cc32)cc1. The Bertz CT molecular complexity index is 1210. The van der Waals surface area contributed by atoms with Crippen LogP contribution in [0, 0.1) is 6.92 Å². The van der Waals surface area contributed by atoms with Crippen LogP contribution < -0.4 is 19.7 Å². The number of carbonyl (C=O) groups excluding carboxylic acids is 2. The molecule has 1 aliphatic heterocycles. The van der Waals surface area contributed by atoms with E-state index in [4.69, 9.17) is 21.1 Å². The lowest BCUT2D eigenvalue weighted by Gasteiger charge is -2.33. The van der Waals surface area contributed by atoms with Crippen LogP contribution in [0.1, 0.15) is 18.1 Å². The van der Waals surface area contributed by atoms with Gasteiger partial charge < -0.3 is 19.7 Å². The average Bonchev–Trinajstić information content (AvgIpc) is 2.83. The molecule has 0 aliphatic carbocycles. The number of ether oxygens (including phenoxy) is 2. The third kappa shape index (κ3) is 5.77. The number of rotatable bonds is 7. The Morgan fingerprint density at radius 3 is 2.59 bits per heavy atom. The van der Waals surface area contributed by atoms with Crippen LogP contribution in [0.3, 0.4) is 0 Å². The maximum absolute atomic E-state index is 12.8. The highest BCUT2D eigenvalue weighted by molar-refractivity contribution is 6.30. The van der Waals surface area contributed by atoms with Crippen molar-refractivity contribution in [1.29, 1.82) is 0 Å². The van der Waals surface area contributed by atoms with Crippen LogP contribution in [0.25, 0.3) is 6.08 Å². The number of carbonyl (C=O) groups is 2. The van der Waals surface area contributed by atoms with E-state index in [1.807, 2.05) is 43.3 Å². The van der Waals surface area contributed by atoms with Crippen LogP contribution >= 0.6 is 11.6 Å². The Morgan fingerprint density at radius 2 is 1.85 bits per heavy atom. The van der Waals surface area contributed by atoms with Crippen LogP contribution in [0.4, 0.5) is 11.4 Å². The first-order chi connectivity index (χ1) is 16.4. The third-order valence-electron chi connectivity index (χ3n) is 5.34. The first-order valence-corrected chi connectivity index (χ1v) is 11.3. The molecule has 0 radical (unpaired) electrons. The van der Waals surface area contributed by atoms with Gasteiger partial charge in [-0.15, -0.1) is 0 Å². The minimum Gasteiger partial charge on any atom is -0.492 e. The molecule has 6 nitrogen and oxygen atoms in total. The fourth-order valence-electron chi connectivity index (χ4n) is 3.53. The van der Waals surface area contributed by atoms with Crippen LogP contribution in [-0.4, -0.2) is 31.1 Å². The number of nitrogens with zero attached hydrogens (tertiary/aromatic N) is 1. The number of benzene rings is 3. The first kappa shape index (κ1) is 23.4. The predicted octanol–water partition coefficient (Wildman–Crippen LogP) is 5.49. The van der Waals surface area contributed by atoms with E-state index in [1.54, 1.807) is 48.2 Å². The summed E-state index contributed by atoms with van der Waals surface area (Å²) < 4.78 is 11.6. The molecular weight excluding hydrogens is 452 g/mol. The molecule has 4 rings (SSSR count). The first-order valence-electron chi connectivity index (χ1n) is 11.0. The molecule has 34 heavy (non-hydrogen) atoms. The van der Waals surface area contributed by atoms with Crippen molar-refractivity contribution in [3.63, 3.8) is 0 Å². The summed E-state index contributed by atoms with van der Waals surface area (Å²) in [6, 6.07) is 20.2. The van der Waals surface area contributed by atoms with E-state index in [-0.39, 0.29) is 11.8 Å². The lowest BCUT2D eigenvalue weighted by molar-refractivity contribution is -0.125. The van der Waals surface area contributed by atoms with Crippen LogP contribution in [-0.2, 0) is 9.59 Å². The standard InChI is InChI=1S/C27H25ClN2O4/c1-18-3-11-23(12-4-18)33-16-15-30-24-17-22(10-13-25(24)34-19(2)27(30)32)29-26(31)14-7-20-5-8-21(28)9-6-20/h3-14,17,19H,15-16H2,1-2H3,(H,29,31)/b14-7+. The average molecular weight is 477 g/mol. The molecule has 2 amide bonds. The number of fused-ring (bicyclic) bond motifs is 1. The third-order valence-corrected chi connectivity index (χ3v) is 5.59. The Balaban J connectivity index is 1.45. The summed E-state index contributed by atoms with van der Waals surface area (Å²) in [6.45, 7) is 4.40. The number of nitrogens with one attached hydrogen (secondary N) is 1. The van der Waals surface area contributed by atoms with E-state index in [2.05, 4.69) is 5.32 Å². The number of halogens is 1. The van der Waals surface area contributed by atoms with Gasteiger partial charge in [0, 0.05) is 16.8 Å². The monoisotopic (exact) mass is 476 g/mol. The number of hydrogen-bond donors (Lipinski definition) is 1. The van der Waals surface area contributed by atoms with Gasteiger partial charge in [0.2, 0.25) is 5.91 Å². The molecule has 0 saturated heterocycles. The van der Waals surface area contributed by atoms with Gasteiger partial charge in [0.05, 0.1) is 12.2 Å². The number of aryl methyl sites for hydroxylation is 1. The highest BCUT2D eigenvalue weighted by Gasteiger charge is 2.31. The zero-order valence-electron chi connectivity index (χ0n) is 19.0. The lowest BCUT2D eigenvalue weighted by atomic mass is 10.1. The van der Waals surface area contributed by atoms with Gasteiger partial charge in [0.25, 0.3) is 5.91 Å². The van der Waals surface area contributed by atoms with Crippen molar-refractivity contribution in [2.45, 2.75) is 20.0 Å². The number of anilines is 2. The Kier molecular flexibility index (Phi) is 7.18. The second kappa shape index (κ2) is 10.4. The second-order valence-corrected chi connectivity index (χ2v) is 8.40.